The van der Waals surface area contributed by atoms with E-state index in [1.54, 1.807) is 18.2 Å². The molecule has 0 aliphatic rings. The van der Waals surface area contributed by atoms with E-state index in [1.165, 1.54) is 0 Å². The van der Waals surface area contributed by atoms with Gasteiger partial charge in [0.25, 0.3) is 11.8 Å². The largest absolute Gasteiger partial charge is 0.347 e. The van der Waals surface area contributed by atoms with Gasteiger partial charge in [-0.15, -0.1) is 0 Å². The Bertz CT molecular complexity index is 970. The molecule has 0 saturated heterocycles. The second-order valence-electron chi connectivity index (χ2n) is 6.62. The molecular weight excluding hydrogens is 350 g/mol. The number of hydrogen-bond donors (Lipinski definition) is 2. The van der Waals surface area contributed by atoms with Crippen LogP contribution in [0.4, 0.5) is 0 Å². The third kappa shape index (κ3) is 4.82. The van der Waals surface area contributed by atoms with Gasteiger partial charge in [0.05, 0.1) is 6.04 Å². The van der Waals surface area contributed by atoms with Crippen LogP contribution in [-0.2, 0) is 6.54 Å². The van der Waals surface area contributed by atoms with Crippen LogP contribution in [-0.4, -0.2) is 16.8 Å². The first-order chi connectivity index (χ1) is 13.5. The van der Waals surface area contributed by atoms with Crippen molar-refractivity contribution < 1.29 is 9.59 Å². The average Bonchev–Trinajstić information content (AvgIpc) is 2.73. The molecule has 0 saturated carbocycles. The van der Waals surface area contributed by atoms with E-state index in [0.29, 0.717) is 6.54 Å². The molecule has 0 aliphatic carbocycles. The predicted octanol–water partition coefficient (Wildman–Crippen LogP) is 3.81. The Morgan fingerprint density at radius 2 is 1.50 bits per heavy atom. The van der Waals surface area contributed by atoms with Gasteiger partial charge < -0.3 is 10.6 Å². The number of aromatic nitrogens is 1. The number of amides is 2. The van der Waals surface area contributed by atoms with Gasteiger partial charge in [0, 0.05) is 6.54 Å². The normalized spacial score (nSPS) is 11.5. The predicted molar refractivity (Wildman–Crippen MR) is 109 cm³/mol. The fraction of sp³-hybridized carbons (Fsp3) is 0.174. The Balaban J connectivity index is 1.65. The van der Waals surface area contributed by atoms with Crippen LogP contribution in [0.15, 0.2) is 72.8 Å². The molecule has 2 amide bonds. The van der Waals surface area contributed by atoms with E-state index in [4.69, 9.17) is 0 Å². The Kier molecular flexibility index (Phi) is 6.17. The number of carbonyl (C=O) groups excluding carboxylic acids is 2. The quantitative estimate of drug-likeness (QED) is 0.690. The third-order valence-corrected chi connectivity index (χ3v) is 4.56. The van der Waals surface area contributed by atoms with Crippen LogP contribution < -0.4 is 10.6 Å². The summed E-state index contributed by atoms with van der Waals surface area (Å²) in [5, 5.41) is 5.77. The molecule has 0 radical (unpaired) electrons. The second kappa shape index (κ2) is 8.95. The van der Waals surface area contributed by atoms with Gasteiger partial charge in [0.1, 0.15) is 11.4 Å². The van der Waals surface area contributed by atoms with Gasteiger partial charge in [0.2, 0.25) is 0 Å². The van der Waals surface area contributed by atoms with Crippen LogP contribution >= 0.6 is 0 Å². The van der Waals surface area contributed by atoms with E-state index in [1.807, 2.05) is 68.4 Å². The molecule has 3 aromatic rings. The summed E-state index contributed by atoms with van der Waals surface area (Å²) in [6.07, 6.45) is 0. The molecule has 1 aromatic heterocycles. The highest BCUT2D eigenvalue weighted by molar-refractivity contribution is 5.96. The lowest BCUT2D eigenvalue weighted by Crippen LogP contribution is -2.29. The zero-order chi connectivity index (χ0) is 19.9. The molecule has 28 heavy (non-hydrogen) atoms. The lowest BCUT2D eigenvalue weighted by molar-refractivity contribution is 0.0933. The van der Waals surface area contributed by atoms with E-state index < -0.39 is 0 Å². The maximum atomic E-state index is 12.5. The number of rotatable bonds is 6. The highest BCUT2D eigenvalue weighted by Gasteiger charge is 2.15. The van der Waals surface area contributed by atoms with Gasteiger partial charge in [-0.05, 0) is 42.7 Å². The summed E-state index contributed by atoms with van der Waals surface area (Å²) >= 11 is 0. The van der Waals surface area contributed by atoms with E-state index in [9.17, 15) is 9.59 Å². The molecule has 0 fully saturated rings. The zero-order valence-electron chi connectivity index (χ0n) is 16.0. The zero-order valence-corrected chi connectivity index (χ0v) is 16.0. The van der Waals surface area contributed by atoms with Crippen LogP contribution in [0.5, 0.6) is 0 Å². The van der Waals surface area contributed by atoms with Crippen molar-refractivity contribution in [3.05, 3.63) is 101 Å². The summed E-state index contributed by atoms with van der Waals surface area (Å²) < 4.78 is 0. The number of carbonyl (C=O) groups is 2. The van der Waals surface area contributed by atoms with Crippen molar-refractivity contribution in [1.29, 1.82) is 0 Å². The van der Waals surface area contributed by atoms with Crippen LogP contribution in [0, 0.1) is 6.92 Å². The number of hydrogen-bond acceptors (Lipinski definition) is 3. The van der Waals surface area contributed by atoms with Crippen LogP contribution in [0.25, 0.3) is 0 Å². The molecule has 3 rings (SSSR count). The maximum Gasteiger partial charge on any atom is 0.270 e. The van der Waals surface area contributed by atoms with Crippen molar-refractivity contribution in [3.63, 3.8) is 0 Å². The van der Waals surface area contributed by atoms with Crippen molar-refractivity contribution in [3.8, 4) is 0 Å². The van der Waals surface area contributed by atoms with Crippen molar-refractivity contribution in [1.82, 2.24) is 15.6 Å². The fourth-order valence-electron chi connectivity index (χ4n) is 2.86. The summed E-state index contributed by atoms with van der Waals surface area (Å²) in [7, 11) is 0. The molecule has 5 heteroatoms. The van der Waals surface area contributed by atoms with Gasteiger partial charge in [-0.3, -0.25) is 9.59 Å². The highest BCUT2D eigenvalue weighted by atomic mass is 16.2. The minimum atomic E-state index is -0.315. The summed E-state index contributed by atoms with van der Waals surface area (Å²) in [5.41, 5.74) is 3.59. The number of nitrogens with zero attached hydrogens (tertiary/aromatic N) is 1. The van der Waals surface area contributed by atoms with Crippen LogP contribution in [0.1, 0.15) is 50.6 Å². The van der Waals surface area contributed by atoms with E-state index in [2.05, 4.69) is 15.6 Å². The summed E-state index contributed by atoms with van der Waals surface area (Å²) in [6.45, 7) is 4.32. The van der Waals surface area contributed by atoms with Crippen LogP contribution in [0.3, 0.4) is 0 Å². The number of pyridine rings is 1. The standard InChI is InChI=1S/C23H23N3O2/c1-16-9-6-7-12-19(16)15-24-22(27)20-13-8-14-21(26-20)23(28)25-17(2)18-10-4-3-5-11-18/h3-14,17H,15H2,1-2H3,(H,24,27)(H,25,28). The molecule has 2 aromatic carbocycles. The van der Waals surface area contributed by atoms with E-state index >= 15 is 0 Å². The first-order valence-electron chi connectivity index (χ1n) is 9.20. The minimum absolute atomic E-state index is 0.158. The van der Waals surface area contributed by atoms with Gasteiger partial charge in [-0.25, -0.2) is 4.98 Å². The molecule has 1 heterocycles. The molecule has 0 aliphatic heterocycles. The highest BCUT2D eigenvalue weighted by Crippen LogP contribution is 2.12. The SMILES string of the molecule is Cc1ccccc1CNC(=O)c1cccc(C(=O)NC(C)c2ccccc2)n1. The smallest absolute Gasteiger partial charge is 0.270 e. The van der Waals surface area contributed by atoms with E-state index in [-0.39, 0.29) is 29.2 Å². The van der Waals surface area contributed by atoms with Gasteiger partial charge >= 0.3 is 0 Å². The topological polar surface area (TPSA) is 71.1 Å². The number of aryl methyl sites for hydroxylation is 1. The Morgan fingerprint density at radius 3 is 2.21 bits per heavy atom. The van der Waals surface area contributed by atoms with E-state index in [0.717, 1.165) is 16.7 Å². The maximum absolute atomic E-state index is 12.5. The summed E-state index contributed by atoms with van der Waals surface area (Å²) in [5.74, 6) is -0.626. The average molecular weight is 373 g/mol. The lowest BCUT2D eigenvalue weighted by Gasteiger charge is -2.14. The van der Waals surface area contributed by atoms with Crippen molar-refractivity contribution in [2.75, 3.05) is 0 Å². The van der Waals surface area contributed by atoms with Crippen molar-refractivity contribution >= 4 is 11.8 Å². The Labute approximate surface area is 164 Å². The molecule has 5 nitrogen and oxygen atoms in total. The number of benzene rings is 2. The lowest BCUT2D eigenvalue weighted by atomic mass is 10.1. The molecule has 2 N–H and O–H groups in total. The second-order valence-corrected chi connectivity index (χ2v) is 6.62. The van der Waals surface area contributed by atoms with Crippen LogP contribution in [0.2, 0.25) is 0 Å². The van der Waals surface area contributed by atoms with Crippen molar-refractivity contribution in [2.24, 2.45) is 0 Å². The Morgan fingerprint density at radius 1 is 0.857 bits per heavy atom. The van der Waals surface area contributed by atoms with Gasteiger partial charge in [-0.2, -0.15) is 0 Å². The monoisotopic (exact) mass is 373 g/mol. The summed E-state index contributed by atoms with van der Waals surface area (Å²) in [6, 6.07) is 22.3. The molecule has 142 valence electrons. The Hall–Kier alpha value is -3.47. The molecule has 0 spiro atoms. The van der Waals surface area contributed by atoms with Gasteiger partial charge in [-0.1, -0.05) is 60.7 Å². The number of nitrogens with one attached hydrogen (secondary N) is 2. The molecule has 0 bridgehead atoms. The molecule has 1 unspecified atom stereocenters. The first kappa shape index (κ1) is 19.3. The minimum Gasteiger partial charge on any atom is -0.347 e. The summed E-state index contributed by atoms with van der Waals surface area (Å²) in [4.78, 5) is 29.2. The van der Waals surface area contributed by atoms with Crippen molar-refractivity contribution in [2.45, 2.75) is 26.4 Å². The molecule has 1 atom stereocenters. The first-order valence-corrected chi connectivity index (χ1v) is 9.20. The molecular formula is C23H23N3O2. The van der Waals surface area contributed by atoms with Gasteiger partial charge in [0.15, 0.2) is 0 Å². The fourth-order valence-corrected chi connectivity index (χ4v) is 2.86. The third-order valence-electron chi connectivity index (χ3n) is 4.56.